The van der Waals surface area contributed by atoms with Gasteiger partial charge in [0.25, 0.3) is 0 Å². The lowest BCUT2D eigenvalue weighted by atomic mass is 9.77. The van der Waals surface area contributed by atoms with Crippen molar-refractivity contribution in [2.24, 2.45) is 22.0 Å². The summed E-state index contributed by atoms with van der Waals surface area (Å²) >= 11 is 0. The van der Waals surface area contributed by atoms with Crippen molar-refractivity contribution in [2.75, 3.05) is 0 Å². The molecule has 2 heterocycles. The molecular formula is C31H63N5+2. The van der Waals surface area contributed by atoms with Gasteiger partial charge < -0.3 is 5.73 Å². The van der Waals surface area contributed by atoms with E-state index >= 15 is 0 Å². The first-order chi connectivity index (χ1) is 16.4. The Kier molecular flexibility index (Phi) is 13.2. The molecule has 0 aliphatic heterocycles. The summed E-state index contributed by atoms with van der Waals surface area (Å²) in [6.07, 6.45) is 15.5. The number of aromatic nitrogens is 4. The molecule has 0 radical (unpaired) electrons. The van der Waals surface area contributed by atoms with Crippen LogP contribution in [0.1, 0.15) is 129 Å². The summed E-state index contributed by atoms with van der Waals surface area (Å²) in [5, 5.41) is 0. The van der Waals surface area contributed by atoms with Crippen molar-refractivity contribution >= 4 is 0 Å². The quantitative estimate of drug-likeness (QED) is 0.374. The van der Waals surface area contributed by atoms with Crippen molar-refractivity contribution in [3.05, 3.63) is 37.4 Å². The zero-order valence-electron chi connectivity index (χ0n) is 26.8. The average Bonchev–Trinajstić information content (AvgIpc) is 3.38. The summed E-state index contributed by atoms with van der Waals surface area (Å²) < 4.78 is 9.38. The number of imidazole rings is 2. The molecule has 2 atom stereocenters. The first kappa shape index (κ1) is 34.4. The maximum atomic E-state index is 6.38. The van der Waals surface area contributed by atoms with Gasteiger partial charge in [-0.2, -0.15) is 0 Å². The van der Waals surface area contributed by atoms with Crippen LogP contribution in [0, 0.1) is 16.2 Å². The Hall–Kier alpha value is -1.62. The molecule has 0 amide bonds. The zero-order chi connectivity index (χ0) is 28.5. The number of nitrogens with two attached hydrogens (primary N) is 1. The van der Waals surface area contributed by atoms with Crippen LogP contribution in [-0.4, -0.2) is 14.7 Å². The normalized spacial score (nSPS) is 14.3. The van der Waals surface area contributed by atoms with Crippen LogP contribution < -0.4 is 14.9 Å². The van der Waals surface area contributed by atoms with E-state index < -0.39 is 0 Å². The number of hydrogen-bond donors (Lipinski definition) is 1. The van der Waals surface area contributed by atoms with E-state index in [2.05, 4.69) is 132 Å². The lowest BCUT2D eigenvalue weighted by Crippen LogP contribution is -2.43. The molecule has 5 nitrogen and oxygen atoms in total. The largest absolute Gasteiger partial charge is 0.325 e. The molecule has 0 aliphatic carbocycles. The molecule has 0 aliphatic rings. The third-order valence-corrected chi connectivity index (χ3v) is 6.28. The molecule has 0 bridgehead atoms. The molecule has 2 aromatic rings. The summed E-state index contributed by atoms with van der Waals surface area (Å²) in [5.74, 6) is 0. The van der Waals surface area contributed by atoms with Gasteiger partial charge in [-0.05, 0) is 25.7 Å². The maximum Gasteiger partial charge on any atom is 0.244 e. The smallest absolute Gasteiger partial charge is 0.244 e. The minimum atomic E-state index is -0.192. The van der Waals surface area contributed by atoms with Crippen molar-refractivity contribution in [1.29, 1.82) is 0 Å². The van der Waals surface area contributed by atoms with E-state index in [1.165, 1.54) is 0 Å². The van der Waals surface area contributed by atoms with Crippen LogP contribution in [0.3, 0.4) is 0 Å². The standard InChI is InChI=1S/C27H51N5.2C2H6/c1-24(2,3)18-22(25(4,5)6)31-16-14-29(20-31)12-13-30-15-17-32(21-30)23(26(7,8)9)19-27(10,11)28;2*1-2/h14-17,20-23H,12-13,18-19,28H2,1-11H3;2*1-2H3/q+2;;. The number of aryl methyl sites for hydroxylation is 2. The second kappa shape index (κ2) is 13.8. The molecule has 5 heteroatoms. The van der Waals surface area contributed by atoms with E-state index in [0.29, 0.717) is 17.5 Å². The highest BCUT2D eigenvalue weighted by atomic mass is 15.2. The van der Waals surface area contributed by atoms with E-state index in [-0.39, 0.29) is 16.4 Å². The fourth-order valence-corrected chi connectivity index (χ4v) is 4.48. The average molecular weight is 506 g/mol. The highest BCUT2D eigenvalue weighted by molar-refractivity contribution is 4.90. The molecule has 0 saturated carbocycles. The van der Waals surface area contributed by atoms with E-state index in [4.69, 9.17) is 5.73 Å². The molecule has 36 heavy (non-hydrogen) atoms. The highest BCUT2D eigenvalue weighted by Crippen LogP contribution is 2.39. The van der Waals surface area contributed by atoms with Crippen molar-refractivity contribution in [2.45, 2.75) is 147 Å². The summed E-state index contributed by atoms with van der Waals surface area (Å²) in [7, 11) is 0. The predicted molar refractivity (Wildman–Crippen MR) is 156 cm³/mol. The Morgan fingerprint density at radius 3 is 1.22 bits per heavy atom. The third kappa shape index (κ3) is 12.1. The Balaban J connectivity index is 0.00000291. The van der Waals surface area contributed by atoms with Gasteiger partial charge in [0.1, 0.15) is 50.0 Å². The van der Waals surface area contributed by atoms with Crippen LogP contribution in [0.25, 0.3) is 0 Å². The number of nitrogens with zero attached hydrogens (tertiary/aromatic N) is 4. The van der Waals surface area contributed by atoms with Crippen LogP contribution in [0.5, 0.6) is 0 Å². The van der Waals surface area contributed by atoms with E-state index in [1.54, 1.807) is 0 Å². The first-order valence-electron chi connectivity index (χ1n) is 14.3. The molecule has 2 rings (SSSR count). The van der Waals surface area contributed by atoms with Gasteiger partial charge in [0.15, 0.2) is 0 Å². The van der Waals surface area contributed by atoms with Crippen molar-refractivity contribution in [3.63, 3.8) is 0 Å². The van der Waals surface area contributed by atoms with Crippen LogP contribution in [-0.2, 0) is 13.1 Å². The maximum absolute atomic E-state index is 6.38. The predicted octanol–water partition coefficient (Wildman–Crippen LogP) is 7.36. The molecule has 0 saturated heterocycles. The van der Waals surface area contributed by atoms with Gasteiger partial charge in [0, 0.05) is 22.8 Å². The monoisotopic (exact) mass is 506 g/mol. The summed E-state index contributed by atoms with van der Waals surface area (Å²) in [5.41, 5.74) is 6.85. The number of rotatable bonds is 8. The van der Waals surface area contributed by atoms with Gasteiger partial charge in [0.2, 0.25) is 12.7 Å². The van der Waals surface area contributed by atoms with Gasteiger partial charge in [-0.3, -0.25) is 0 Å². The lowest BCUT2D eigenvalue weighted by molar-refractivity contribution is -0.778. The number of hydrogen-bond acceptors (Lipinski definition) is 1. The third-order valence-electron chi connectivity index (χ3n) is 6.28. The molecule has 210 valence electrons. The van der Waals surface area contributed by atoms with Crippen LogP contribution >= 0.6 is 0 Å². The molecule has 2 unspecified atom stereocenters. The molecule has 2 aromatic heterocycles. The highest BCUT2D eigenvalue weighted by Gasteiger charge is 2.35. The molecule has 2 N–H and O–H groups in total. The second-order valence-corrected chi connectivity index (χ2v) is 13.9. The Morgan fingerprint density at radius 2 is 0.944 bits per heavy atom. The van der Waals surface area contributed by atoms with Gasteiger partial charge in [0.05, 0.1) is 0 Å². The fraction of sp³-hybridized carbons (Fsp3) is 0.806. The van der Waals surface area contributed by atoms with Gasteiger partial charge in [-0.25, -0.2) is 18.3 Å². The molecular weight excluding hydrogens is 442 g/mol. The van der Waals surface area contributed by atoms with Gasteiger partial charge >= 0.3 is 0 Å². The zero-order valence-corrected chi connectivity index (χ0v) is 26.8. The Labute approximate surface area is 225 Å². The van der Waals surface area contributed by atoms with Crippen LogP contribution in [0.4, 0.5) is 0 Å². The molecule has 0 spiro atoms. The first-order valence-corrected chi connectivity index (χ1v) is 14.3. The summed E-state index contributed by atoms with van der Waals surface area (Å²) in [4.78, 5) is 0. The fourth-order valence-electron chi connectivity index (χ4n) is 4.48. The second-order valence-electron chi connectivity index (χ2n) is 13.9. The van der Waals surface area contributed by atoms with E-state index in [1.807, 2.05) is 27.7 Å². The Morgan fingerprint density at radius 1 is 0.611 bits per heavy atom. The lowest BCUT2D eigenvalue weighted by Gasteiger charge is -2.33. The topological polar surface area (TPSA) is 43.6 Å². The van der Waals surface area contributed by atoms with Crippen LogP contribution in [0.2, 0.25) is 0 Å². The van der Waals surface area contributed by atoms with E-state index in [0.717, 1.165) is 25.9 Å². The van der Waals surface area contributed by atoms with Crippen molar-refractivity contribution < 1.29 is 9.13 Å². The van der Waals surface area contributed by atoms with Crippen LogP contribution in [0.15, 0.2) is 37.4 Å². The molecule has 0 fully saturated rings. The Bertz CT molecular complexity index is 775. The molecule has 0 aromatic carbocycles. The van der Waals surface area contributed by atoms with Crippen molar-refractivity contribution in [3.8, 4) is 0 Å². The summed E-state index contributed by atoms with van der Waals surface area (Å²) in [6.45, 7) is 35.1. The minimum absolute atomic E-state index is 0.147. The summed E-state index contributed by atoms with van der Waals surface area (Å²) in [6, 6.07) is 0.840. The van der Waals surface area contributed by atoms with Crippen molar-refractivity contribution in [1.82, 2.24) is 9.13 Å². The minimum Gasteiger partial charge on any atom is -0.325 e. The van der Waals surface area contributed by atoms with Gasteiger partial charge in [-0.1, -0.05) is 90.0 Å². The van der Waals surface area contributed by atoms with Gasteiger partial charge in [-0.15, -0.1) is 0 Å². The SMILES string of the molecule is CC.CC.CC(C)(C)CC(n1cc[n+](CC[n+]2ccn(C(CC(C)(C)N)C(C)(C)C)c2)c1)C(C)(C)C. The van der Waals surface area contributed by atoms with E-state index in [9.17, 15) is 0 Å².